The summed E-state index contributed by atoms with van der Waals surface area (Å²) in [5, 5.41) is 11.7. The Labute approximate surface area is 179 Å². The van der Waals surface area contributed by atoms with Gasteiger partial charge in [-0.25, -0.2) is 18.7 Å². The molecule has 9 heteroatoms. The summed E-state index contributed by atoms with van der Waals surface area (Å²) in [7, 11) is 0. The lowest BCUT2D eigenvalue weighted by Crippen LogP contribution is -2.39. The molecule has 1 aromatic carbocycles. The van der Waals surface area contributed by atoms with E-state index in [1.165, 1.54) is 12.1 Å². The molecule has 164 valence electrons. The molecule has 0 aliphatic carbocycles. The molecule has 7 nitrogen and oxygen atoms in total. The minimum atomic E-state index is -0.682. The summed E-state index contributed by atoms with van der Waals surface area (Å²) in [4.78, 5) is 11.9. The monoisotopic (exact) mass is 428 g/mol. The van der Waals surface area contributed by atoms with E-state index in [9.17, 15) is 8.78 Å². The molecular weight excluding hydrogens is 402 g/mol. The number of piperidine rings is 1. The Balaban J connectivity index is 1.57. The van der Waals surface area contributed by atoms with Crippen LogP contribution in [-0.2, 0) is 0 Å². The number of hydrogen-bond donors (Lipinski definition) is 1. The quantitative estimate of drug-likeness (QED) is 0.653. The van der Waals surface area contributed by atoms with Gasteiger partial charge < -0.3 is 15.0 Å². The minimum Gasteiger partial charge on any atom is -0.487 e. The van der Waals surface area contributed by atoms with Crippen molar-refractivity contribution in [2.45, 2.75) is 52.7 Å². The van der Waals surface area contributed by atoms with Crippen molar-refractivity contribution in [1.82, 2.24) is 20.2 Å². The number of aromatic nitrogens is 4. The van der Waals surface area contributed by atoms with Crippen LogP contribution < -0.4 is 15.0 Å². The topological polar surface area (TPSA) is 76.1 Å². The van der Waals surface area contributed by atoms with Crippen LogP contribution in [0.3, 0.4) is 0 Å². The highest BCUT2D eigenvalue weighted by atomic mass is 19.1. The third-order valence-electron chi connectivity index (χ3n) is 5.27. The summed E-state index contributed by atoms with van der Waals surface area (Å²) >= 11 is 0. The second-order valence-electron chi connectivity index (χ2n) is 8.14. The number of anilines is 2. The van der Waals surface area contributed by atoms with Crippen molar-refractivity contribution in [3.05, 3.63) is 41.2 Å². The van der Waals surface area contributed by atoms with Crippen LogP contribution in [0.25, 0.3) is 11.0 Å². The fourth-order valence-electron chi connectivity index (χ4n) is 3.70. The Kier molecular flexibility index (Phi) is 5.84. The smallest absolute Gasteiger partial charge is 0.172 e. The summed E-state index contributed by atoms with van der Waals surface area (Å²) in [5.41, 5.74) is 2.95. The largest absolute Gasteiger partial charge is 0.487 e. The van der Waals surface area contributed by atoms with E-state index in [1.54, 1.807) is 0 Å². The van der Waals surface area contributed by atoms with E-state index in [0.717, 1.165) is 34.3 Å². The number of hydrogen-bond acceptors (Lipinski definition) is 7. The van der Waals surface area contributed by atoms with Crippen molar-refractivity contribution in [2.75, 3.05) is 23.3 Å². The number of halogens is 2. The van der Waals surface area contributed by atoms with Gasteiger partial charge in [0.15, 0.2) is 23.2 Å². The number of benzene rings is 1. The van der Waals surface area contributed by atoms with E-state index in [0.29, 0.717) is 31.7 Å². The highest BCUT2D eigenvalue weighted by Crippen LogP contribution is 2.30. The van der Waals surface area contributed by atoms with Gasteiger partial charge in [-0.2, -0.15) is 10.2 Å². The van der Waals surface area contributed by atoms with Crippen LogP contribution in [0.2, 0.25) is 0 Å². The van der Waals surface area contributed by atoms with Gasteiger partial charge in [0.2, 0.25) is 0 Å². The van der Waals surface area contributed by atoms with Crippen LogP contribution in [0.1, 0.15) is 38.1 Å². The van der Waals surface area contributed by atoms with Crippen LogP contribution in [0, 0.1) is 25.5 Å². The van der Waals surface area contributed by atoms with Crippen LogP contribution in [-0.4, -0.2) is 45.4 Å². The van der Waals surface area contributed by atoms with Gasteiger partial charge in [0.1, 0.15) is 23.0 Å². The van der Waals surface area contributed by atoms with E-state index in [-0.39, 0.29) is 17.9 Å². The van der Waals surface area contributed by atoms with E-state index >= 15 is 0 Å². The predicted molar refractivity (Wildman–Crippen MR) is 116 cm³/mol. The second-order valence-corrected chi connectivity index (χ2v) is 8.14. The van der Waals surface area contributed by atoms with Gasteiger partial charge in [-0.05, 0) is 39.8 Å². The molecule has 1 aliphatic rings. The fourth-order valence-corrected chi connectivity index (χ4v) is 3.70. The van der Waals surface area contributed by atoms with E-state index < -0.39 is 11.6 Å². The third kappa shape index (κ3) is 4.50. The van der Waals surface area contributed by atoms with Crippen molar-refractivity contribution < 1.29 is 13.5 Å². The Bertz CT molecular complexity index is 1100. The SMILES string of the molecule is Cc1nnc(C)c2nc(N3CCC(Oc4ccc(F)cc4F)CC3)c(NC(C)C)nc12. The Hall–Kier alpha value is -3.10. The van der Waals surface area contributed by atoms with E-state index in [2.05, 4.69) is 34.3 Å². The van der Waals surface area contributed by atoms with Crippen molar-refractivity contribution in [2.24, 2.45) is 0 Å². The van der Waals surface area contributed by atoms with Crippen LogP contribution >= 0.6 is 0 Å². The molecule has 3 aromatic rings. The van der Waals surface area contributed by atoms with Crippen LogP contribution in [0.5, 0.6) is 5.75 Å². The third-order valence-corrected chi connectivity index (χ3v) is 5.27. The Morgan fingerprint density at radius 1 is 1.03 bits per heavy atom. The van der Waals surface area contributed by atoms with Crippen molar-refractivity contribution in [3.63, 3.8) is 0 Å². The Morgan fingerprint density at radius 3 is 2.29 bits per heavy atom. The van der Waals surface area contributed by atoms with Gasteiger partial charge in [0.05, 0.1) is 11.4 Å². The zero-order chi connectivity index (χ0) is 22.1. The predicted octanol–water partition coefficient (Wildman–Crippen LogP) is 4.18. The molecule has 1 N–H and O–H groups in total. The van der Waals surface area contributed by atoms with Crippen molar-refractivity contribution in [1.29, 1.82) is 0 Å². The van der Waals surface area contributed by atoms with E-state index in [1.807, 2.05) is 13.8 Å². The zero-order valence-electron chi connectivity index (χ0n) is 18.1. The number of ether oxygens (including phenoxy) is 1. The summed E-state index contributed by atoms with van der Waals surface area (Å²) in [6.45, 7) is 9.21. The van der Waals surface area contributed by atoms with Crippen LogP contribution in [0.15, 0.2) is 18.2 Å². The first-order valence-corrected chi connectivity index (χ1v) is 10.5. The van der Waals surface area contributed by atoms with Crippen LogP contribution in [0.4, 0.5) is 20.4 Å². The van der Waals surface area contributed by atoms with Gasteiger partial charge >= 0.3 is 0 Å². The molecule has 4 rings (SSSR count). The van der Waals surface area contributed by atoms with Crippen molar-refractivity contribution >= 4 is 22.7 Å². The number of fused-ring (bicyclic) bond motifs is 1. The zero-order valence-corrected chi connectivity index (χ0v) is 18.1. The average molecular weight is 428 g/mol. The highest BCUT2D eigenvalue weighted by molar-refractivity contribution is 5.83. The molecule has 0 atom stereocenters. The second kappa shape index (κ2) is 8.56. The normalized spacial score (nSPS) is 15.0. The summed E-state index contributed by atoms with van der Waals surface area (Å²) in [5.74, 6) is 0.260. The standard InChI is InChI=1S/C22H26F2N6O/c1-12(2)25-21-22(27-20-14(4)29-28-13(3)19(20)26-21)30-9-7-16(8-10-30)31-18-6-5-15(23)11-17(18)24/h5-6,11-12,16H,7-10H2,1-4H3,(H,25,26). The number of rotatable bonds is 5. The molecule has 0 spiro atoms. The van der Waals surface area contributed by atoms with Gasteiger partial charge in [-0.15, -0.1) is 0 Å². The molecule has 1 fully saturated rings. The molecule has 1 saturated heterocycles. The van der Waals surface area contributed by atoms with Gasteiger partial charge in [0, 0.05) is 38.0 Å². The lowest BCUT2D eigenvalue weighted by Gasteiger charge is -2.34. The first-order valence-electron chi connectivity index (χ1n) is 10.5. The number of nitrogens with one attached hydrogen (secondary N) is 1. The first kappa shape index (κ1) is 21.1. The molecule has 2 aromatic heterocycles. The summed E-state index contributed by atoms with van der Waals surface area (Å²) in [6.07, 6.45) is 1.22. The first-order chi connectivity index (χ1) is 14.8. The summed E-state index contributed by atoms with van der Waals surface area (Å²) in [6, 6.07) is 3.56. The molecule has 3 heterocycles. The van der Waals surface area contributed by atoms with Crippen molar-refractivity contribution in [3.8, 4) is 5.75 Å². The maximum Gasteiger partial charge on any atom is 0.172 e. The maximum absolute atomic E-state index is 13.9. The average Bonchev–Trinajstić information content (AvgIpc) is 2.73. The lowest BCUT2D eigenvalue weighted by molar-refractivity contribution is 0.163. The molecule has 0 unspecified atom stereocenters. The molecule has 0 bridgehead atoms. The molecule has 0 saturated carbocycles. The Morgan fingerprint density at radius 2 is 1.68 bits per heavy atom. The fraction of sp³-hybridized carbons (Fsp3) is 0.455. The summed E-state index contributed by atoms with van der Waals surface area (Å²) < 4.78 is 32.8. The van der Waals surface area contributed by atoms with Gasteiger partial charge in [-0.3, -0.25) is 0 Å². The molecule has 1 aliphatic heterocycles. The molecule has 31 heavy (non-hydrogen) atoms. The maximum atomic E-state index is 13.9. The van der Waals surface area contributed by atoms with E-state index in [4.69, 9.17) is 14.7 Å². The van der Waals surface area contributed by atoms with Gasteiger partial charge in [0.25, 0.3) is 0 Å². The molecule has 0 radical (unpaired) electrons. The lowest BCUT2D eigenvalue weighted by atomic mass is 10.1. The molecular formula is C22H26F2N6O. The number of nitrogens with zero attached hydrogens (tertiary/aromatic N) is 5. The minimum absolute atomic E-state index is 0.0807. The molecule has 0 amide bonds. The van der Waals surface area contributed by atoms with Gasteiger partial charge in [-0.1, -0.05) is 0 Å². The highest BCUT2D eigenvalue weighted by Gasteiger charge is 2.26. The number of aryl methyl sites for hydroxylation is 2.